The standard InChI is InChI=1S/C24H30ClN3O3.C19H22ClN3O/c1-24(2,3)31-23(30)27-21(9-6-13-26)17-28(22(29)16-25)14-12-18-10-11-19-7-4-5-8-20(19)15-18;20-13-19(24)23(14-18(22)6-3-10-21)11-9-15-7-8-16-4-1-2-5-17(16)12-15/h4-5,7-8,10-11,15,21H,6,9,12,14,16-17H2,1-3H3,(H,27,30);1-2,4-5,7-8,12,18H,3,6,9,11,13-14,22H2. The number of carbonyl (C=O) groups is 3. The summed E-state index contributed by atoms with van der Waals surface area (Å²) in [5, 5.41) is 25.1. The van der Waals surface area contributed by atoms with Crippen molar-refractivity contribution in [1.29, 1.82) is 10.5 Å². The Bertz CT molecular complexity index is 1940. The van der Waals surface area contributed by atoms with E-state index in [4.69, 9.17) is 44.2 Å². The molecule has 0 aliphatic rings. The predicted molar refractivity (Wildman–Crippen MR) is 221 cm³/mol. The highest BCUT2D eigenvalue weighted by molar-refractivity contribution is 6.27. The van der Waals surface area contributed by atoms with Crippen molar-refractivity contribution < 1.29 is 19.1 Å². The number of nitrogens with zero attached hydrogens (tertiary/aromatic N) is 4. The van der Waals surface area contributed by atoms with Gasteiger partial charge >= 0.3 is 6.09 Å². The van der Waals surface area contributed by atoms with Crippen LogP contribution in [0.2, 0.25) is 0 Å². The Morgan fingerprint density at radius 3 is 1.64 bits per heavy atom. The Kier molecular flexibility index (Phi) is 18.7. The van der Waals surface area contributed by atoms with Gasteiger partial charge in [-0.15, -0.1) is 23.2 Å². The van der Waals surface area contributed by atoms with Crippen LogP contribution < -0.4 is 11.1 Å². The number of alkyl halides is 2. The lowest BCUT2D eigenvalue weighted by Gasteiger charge is -2.29. The minimum Gasteiger partial charge on any atom is -0.444 e. The van der Waals surface area contributed by atoms with Gasteiger partial charge in [0.1, 0.15) is 17.4 Å². The molecule has 0 aliphatic carbocycles. The number of nitrogens with two attached hydrogens (primary N) is 1. The molecule has 0 saturated carbocycles. The molecule has 0 radical (unpaired) electrons. The second-order valence-corrected chi connectivity index (χ2v) is 14.8. The molecule has 0 fully saturated rings. The number of hydrogen-bond acceptors (Lipinski definition) is 7. The molecule has 2 unspecified atom stereocenters. The van der Waals surface area contributed by atoms with Crippen molar-refractivity contribution >= 4 is 62.7 Å². The maximum atomic E-state index is 12.5. The van der Waals surface area contributed by atoms with Crippen LogP contribution in [0.1, 0.15) is 57.6 Å². The molecule has 0 spiro atoms. The quantitative estimate of drug-likeness (QED) is 0.104. The van der Waals surface area contributed by atoms with E-state index in [0.29, 0.717) is 45.3 Å². The number of alkyl carbamates (subject to hydrolysis) is 1. The average molecular weight is 788 g/mol. The Hall–Kier alpha value is -4.87. The minimum absolute atomic E-state index is 0.0529. The van der Waals surface area contributed by atoms with Crippen LogP contribution in [0.15, 0.2) is 84.9 Å². The van der Waals surface area contributed by atoms with Gasteiger partial charge in [-0.3, -0.25) is 9.59 Å². The van der Waals surface area contributed by atoms with E-state index in [1.54, 1.807) is 30.6 Å². The zero-order valence-electron chi connectivity index (χ0n) is 32.0. The maximum absolute atomic E-state index is 12.5. The molecule has 4 aromatic rings. The number of rotatable bonds is 17. The minimum atomic E-state index is -0.633. The summed E-state index contributed by atoms with van der Waals surface area (Å²) in [6.07, 6.45) is 2.49. The van der Waals surface area contributed by atoms with Gasteiger partial charge in [-0.2, -0.15) is 10.5 Å². The number of nitriles is 2. The molecule has 3 N–H and O–H groups in total. The lowest BCUT2D eigenvalue weighted by molar-refractivity contribution is -0.129. The largest absolute Gasteiger partial charge is 0.444 e. The number of ether oxygens (including phenoxy) is 1. The van der Waals surface area contributed by atoms with Gasteiger partial charge in [0, 0.05) is 45.1 Å². The van der Waals surface area contributed by atoms with E-state index in [-0.39, 0.29) is 42.6 Å². The smallest absolute Gasteiger partial charge is 0.407 e. The molecule has 12 heteroatoms. The number of hydrogen-bond donors (Lipinski definition) is 2. The van der Waals surface area contributed by atoms with Crippen molar-refractivity contribution in [2.75, 3.05) is 37.9 Å². The number of halogens is 2. The first kappa shape index (κ1) is 44.5. The fraction of sp³-hybridized carbons (Fsp3) is 0.419. The van der Waals surface area contributed by atoms with Gasteiger partial charge < -0.3 is 25.6 Å². The number of amides is 3. The maximum Gasteiger partial charge on any atom is 0.407 e. The third kappa shape index (κ3) is 16.2. The first-order chi connectivity index (χ1) is 26.3. The summed E-state index contributed by atoms with van der Waals surface area (Å²) in [5.41, 5.74) is 7.66. The molecular formula is C43H52Cl2N6O4. The molecule has 10 nitrogen and oxygen atoms in total. The Labute approximate surface area is 335 Å². The van der Waals surface area contributed by atoms with Crippen molar-refractivity contribution in [2.45, 2.75) is 77.0 Å². The third-order valence-corrected chi connectivity index (χ3v) is 9.21. The van der Waals surface area contributed by atoms with Gasteiger partial charge in [-0.25, -0.2) is 4.79 Å². The highest BCUT2D eigenvalue weighted by Crippen LogP contribution is 2.18. The number of benzene rings is 4. The lowest BCUT2D eigenvalue weighted by Crippen LogP contribution is -2.48. The van der Waals surface area contributed by atoms with Gasteiger partial charge in [0.25, 0.3) is 0 Å². The summed E-state index contributed by atoms with van der Waals surface area (Å²) < 4.78 is 5.32. The Morgan fingerprint density at radius 1 is 0.727 bits per heavy atom. The Balaban J connectivity index is 0.000000305. The topological polar surface area (TPSA) is 153 Å². The van der Waals surface area contributed by atoms with Gasteiger partial charge in [0.2, 0.25) is 11.8 Å². The normalized spacial score (nSPS) is 12.0. The van der Waals surface area contributed by atoms with E-state index in [1.807, 2.05) is 24.3 Å². The van der Waals surface area contributed by atoms with Gasteiger partial charge in [0.05, 0.1) is 18.2 Å². The van der Waals surface area contributed by atoms with Crippen LogP contribution in [-0.4, -0.2) is 83.3 Å². The number of carbonyl (C=O) groups excluding carboxylic acids is 3. The van der Waals surface area contributed by atoms with Crippen molar-refractivity contribution in [3.63, 3.8) is 0 Å². The molecule has 2 atom stereocenters. The molecule has 4 aromatic carbocycles. The molecule has 0 aliphatic heterocycles. The molecule has 4 rings (SSSR count). The number of fused-ring (bicyclic) bond motifs is 2. The molecule has 292 valence electrons. The molecule has 0 bridgehead atoms. The molecular weight excluding hydrogens is 735 g/mol. The van der Waals surface area contributed by atoms with Crippen LogP contribution in [0, 0.1) is 22.7 Å². The van der Waals surface area contributed by atoms with Crippen LogP contribution in [0.3, 0.4) is 0 Å². The van der Waals surface area contributed by atoms with Crippen molar-refractivity contribution in [3.05, 3.63) is 96.1 Å². The monoisotopic (exact) mass is 786 g/mol. The highest BCUT2D eigenvalue weighted by Gasteiger charge is 2.23. The van der Waals surface area contributed by atoms with Crippen LogP contribution >= 0.6 is 23.2 Å². The SMILES string of the molecule is CC(C)(C)OC(=O)NC(CCC#N)CN(CCc1ccc2ccccc2c1)C(=O)CCl.N#CCCC(N)CN(CCc1ccc2ccccc2c1)C(=O)CCl. The molecule has 0 heterocycles. The van der Waals surface area contributed by atoms with Crippen molar-refractivity contribution in [3.8, 4) is 12.1 Å². The van der Waals surface area contributed by atoms with Crippen LogP contribution in [0.4, 0.5) is 4.79 Å². The fourth-order valence-corrected chi connectivity index (χ4v) is 6.27. The molecule has 55 heavy (non-hydrogen) atoms. The first-order valence-electron chi connectivity index (χ1n) is 18.5. The summed E-state index contributed by atoms with van der Waals surface area (Å²) in [5.74, 6) is -0.530. The Morgan fingerprint density at radius 2 is 1.18 bits per heavy atom. The molecule has 0 aromatic heterocycles. The summed E-state index contributed by atoms with van der Waals surface area (Å²) in [7, 11) is 0. The summed E-state index contributed by atoms with van der Waals surface area (Å²) >= 11 is 11.5. The summed E-state index contributed by atoms with van der Waals surface area (Å²) in [4.78, 5) is 40.0. The number of nitrogens with one attached hydrogen (secondary N) is 1. The third-order valence-electron chi connectivity index (χ3n) is 8.75. The highest BCUT2D eigenvalue weighted by atomic mass is 35.5. The first-order valence-corrected chi connectivity index (χ1v) is 19.5. The van der Waals surface area contributed by atoms with E-state index in [1.165, 1.54) is 16.3 Å². The zero-order chi connectivity index (χ0) is 40.2. The van der Waals surface area contributed by atoms with E-state index in [2.05, 4.69) is 78.1 Å². The molecule has 0 saturated heterocycles. The van der Waals surface area contributed by atoms with E-state index in [9.17, 15) is 14.4 Å². The fourth-order valence-electron chi connectivity index (χ4n) is 5.93. The average Bonchev–Trinajstić information content (AvgIpc) is 3.17. The van der Waals surface area contributed by atoms with E-state index < -0.39 is 17.7 Å². The second kappa shape index (κ2) is 23.1. The van der Waals surface area contributed by atoms with Crippen molar-refractivity contribution in [1.82, 2.24) is 15.1 Å². The van der Waals surface area contributed by atoms with Gasteiger partial charge in [0.15, 0.2) is 0 Å². The van der Waals surface area contributed by atoms with Crippen molar-refractivity contribution in [2.24, 2.45) is 5.73 Å². The van der Waals surface area contributed by atoms with Crippen LogP contribution in [0.5, 0.6) is 0 Å². The lowest BCUT2D eigenvalue weighted by atomic mass is 10.0. The van der Waals surface area contributed by atoms with E-state index in [0.717, 1.165) is 22.8 Å². The zero-order valence-corrected chi connectivity index (χ0v) is 33.5. The summed E-state index contributed by atoms with van der Waals surface area (Å²) in [6, 6.07) is 32.4. The van der Waals surface area contributed by atoms with E-state index >= 15 is 0 Å². The molecule has 3 amide bonds. The van der Waals surface area contributed by atoms with Crippen LogP contribution in [0.25, 0.3) is 21.5 Å². The summed E-state index contributed by atoms with van der Waals surface area (Å²) in [6.45, 7) is 7.07. The van der Waals surface area contributed by atoms with Gasteiger partial charge in [-0.05, 0) is 79.1 Å². The predicted octanol–water partition coefficient (Wildman–Crippen LogP) is 7.73. The van der Waals surface area contributed by atoms with Gasteiger partial charge in [-0.1, -0.05) is 84.9 Å². The van der Waals surface area contributed by atoms with Crippen LogP contribution in [-0.2, 0) is 27.2 Å². The second-order valence-electron chi connectivity index (χ2n) is 14.3.